The predicted molar refractivity (Wildman–Crippen MR) is 112 cm³/mol. The summed E-state index contributed by atoms with van der Waals surface area (Å²) in [5, 5.41) is 7.69. The molecule has 0 atom stereocenters. The van der Waals surface area contributed by atoms with E-state index in [1.54, 1.807) is 0 Å². The lowest BCUT2D eigenvalue weighted by molar-refractivity contribution is 1.47. The molecule has 2 N–H and O–H groups in total. The lowest BCUT2D eigenvalue weighted by Crippen LogP contribution is -1.77. The van der Waals surface area contributed by atoms with Gasteiger partial charge in [-0.3, -0.25) is 0 Å². The number of fused-ring (bicyclic) bond motifs is 9. The molecule has 2 heterocycles. The first-order valence-electron chi connectivity index (χ1n) is 9.05. The van der Waals surface area contributed by atoms with E-state index in [2.05, 4.69) is 84.5 Å². The number of H-pyrrole nitrogens is 2. The summed E-state index contributed by atoms with van der Waals surface area (Å²) >= 11 is 0. The highest BCUT2D eigenvalue weighted by atomic mass is 14.8. The number of hydrogen-bond donors (Lipinski definition) is 2. The van der Waals surface area contributed by atoms with Gasteiger partial charge < -0.3 is 9.97 Å². The maximum absolute atomic E-state index is 3.73. The Bertz CT molecular complexity index is 1500. The van der Waals surface area contributed by atoms with Gasteiger partial charge in [-0.15, -0.1) is 0 Å². The minimum absolute atomic E-state index is 1.19. The molecular weight excluding hydrogens is 316 g/mol. The standard InChI is InChI=1S/C24H18N2/c1-13-3-6-16-15(11-13)5-8-19-20-10-9-18-17-7-4-14(2)12-21(17)25-23(18)24(20)26-22(16)19/h3-12,25-26H,1-2H3. The molecule has 2 aromatic heterocycles. The number of hydrogen-bond acceptors (Lipinski definition) is 0. The molecular formula is C24H18N2. The second-order valence-corrected chi connectivity index (χ2v) is 7.42. The second kappa shape index (κ2) is 4.67. The van der Waals surface area contributed by atoms with Crippen LogP contribution >= 0.6 is 0 Å². The van der Waals surface area contributed by atoms with E-state index < -0.39 is 0 Å². The molecule has 0 aliphatic heterocycles. The third-order valence-corrected chi connectivity index (χ3v) is 5.65. The summed E-state index contributed by atoms with van der Waals surface area (Å²) in [6.07, 6.45) is 0. The summed E-state index contributed by atoms with van der Waals surface area (Å²) in [6, 6.07) is 22.3. The molecule has 0 spiro atoms. The molecule has 6 aromatic rings. The minimum Gasteiger partial charge on any atom is -0.353 e. The van der Waals surface area contributed by atoms with E-state index in [0.717, 1.165) is 0 Å². The number of aromatic amines is 2. The Morgan fingerprint density at radius 2 is 1.08 bits per heavy atom. The highest BCUT2D eigenvalue weighted by Crippen LogP contribution is 2.37. The van der Waals surface area contributed by atoms with Gasteiger partial charge in [0.05, 0.1) is 16.6 Å². The van der Waals surface area contributed by atoms with E-state index in [1.165, 1.54) is 65.5 Å². The molecule has 2 nitrogen and oxygen atoms in total. The molecule has 26 heavy (non-hydrogen) atoms. The molecule has 0 saturated carbocycles. The maximum atomic E-state index is 3.73. The van der Waals surface area contributed by atoms with Crippen molar-refractivity contribution in [2.45, 2.75) is 13.8 Å². The summed E-state index contributed by atoms with van der Waals surface area (Å²) < 4.78 is 0. The van der Waals surface area contributed by atoms with E-state index in [0.29, 0.717) is 0 Å². The third kappa shape index (κ3) is 1.71. The first kappa shape index (κ1) is 14.0. The van der Waals surface area contributed by atoms with Crippen LogP contribution in [0.15, 0.2) is 60.7 Å². The average Bonchev–Trinajstić information content (AvgIpc) is 3.18. The van der Waals surface area contributed by atoms with Crippen LogP contribution in [0.1, 0.15) is 11.1 Å². The van der Waals surface area contributed by atoms with Crippen molar-refractivity contribution in [2.24, 2.45) is 0 Å². The van der Waals surface area contributed by atoms with Crippen molar-refractivity contribution in [3.05, 3.63) is 71.8 Å². The molecule has 124 valence electrons. The van der Waals surface area contributed by atoms with Gasteiger partial charge in [0.1, 0.15) is 0 Å². The molecule has 0 amide bonds. The zero-order valence-electron chi connectivity index (χ0n) is 14.8. The Labute approximate surface area is 150 Å². The highest BCUT2D eigenvalue weighted by molar-refractivity contribution is 6.24. The number of nitrogens with one attached hydrogen (secondary N) is 2. The molecule has 0 bridgehead atoms. The molecule has 0 radical (unpaired) electrons. The van der Waals surface area contributed by atoms with E-state index in [4.69, 9.17) is 0 Å². The zero-order chi connectivity index (χ0) is 17.4. The van der Waals surface area contributed by atoms with E-state index in [9.17, 15) is 0 Å². The topological polar surface area (TPSA) is 31.6 Å². The zero-order valence-corrected chi connectivity index (χ0v) is 14.8. The second-order valence-electron chi connectivity index (χ2n) is 7.42. The predicted octanol–water partition coefficient (Wildman–Crippen LogP) is 6.73. The van der Waals surface area contributed by atoms with Crippen LogP contribution in [0.5, 0.6) is 0 Å². The smallest absolute Gasteiger partial charge is 0.0710 e. The SMILES string of the molecule is Cc1ccc2c(ccc3c4ccc5c6ccc(C)cc6[nH]c5c4[nH]c23)c1. The molecule has 0 aliphatic rings. The van der Waals surface area contributed by atoms with Gasteiger partial charge >= 0.3 is 0 Å². The van der Waals surface area contributed by atoms with Crippen LogP contribution in [0, 0.1) is 13.8 Å². The fourth-order valence-corrected chi connectivity index (χ4v) is 4.38. The molecule has 0 aliphatic carbocycles. The van der Waals surface area contributed by atoms with Crippen molar-refractivity contribution in [1.82, 2.24) is 9.97 Å². The fourth-order valence-electron chi connectivity index (χ4n) is 4.38. The van der Waals surface area contributed by atoms with Gasteiger partial charge in [0.2, 0.25) is 0 Å². The fraction of sp³-hybridized carbons (Fsp3) is 0.0833. The van der Waals surface area contributed by atoms with Gasteiger partial charge in [-0.2, -0.15) is 0 Å². The van der Waals surface area contributed by atoms with Crippen molar-refractivity contribution in [3.63, 3.8) is 0 Å². The minimum atomic E-state index is 1.19. The van der Waals surface area contributed by atoms with Gasteiger partial charge in [-0.1, -0.05) is 60.2 Å². The van der Waals surface area contributed by atoms with E-state index in [-0.39, 0.29) is 0 Å². The van der Waals surface area contributed by atoms with Crippen LogP contribution in [0.3, 0.4) is 0 Å². The van der Waals surface area contributed by atoms with Crippen molar-refractivity contribution in [1.29, 1.82) is 0 Å². The summed E-state index contributed by atoms with van der Waals surface area (Å²) in [6.45, 7) is 4.28. The number of benzene rings is 4. The van der Waals surface area contributed by atoms with Crippen molar-refractivity contribution in [2.75, 3.05) is 0 Å². The van der Waals surface area contributed by atoms with Gasteiger partial charge in [0, 0.05) is 32.4 Å². The van der Waals surface area contributed by atoms with Gasteiger partial charge in [0.15, 0.2) is 0 Å². The highest BCUT2D eigenvalue weighted by Gasteiger charge is 2.13. The first-order chi connectivity index (χ1) is 12.7. The molecule has 0 saturated heterocycles. The molecule has 4 aromatic carbocycles. The third-order valence-electron chi connectivity index (χ3n) is 5.65. The van der Waals surface area contributed by atoms with Gasteiger partial charge in [-0.05, 0) is 30.9 Å². The summed E-state index contributed by atoms with van der Waals surface area (Å²) in [5.41, 5.74) is 7.38. The first-order valence-corrected chi connectivity index (χ1v) is 9.05. The average molecular weight is 334 g/mol. The van der Waals surface area contributed by atoms with Crippen LogP contribution in [0.25, 0.3) is 54.4 Å². The number of rotatable bonds is 0. The van der Waals surface area contributed by atoms with Crippen molar-refractivity contribution in [3.8, 4) is 0 Å². The van der Waals surface area contributed by atoms with E-state index >= 15 is 0 Å². The summed E-state index contributed by atoms with van der Waals surface area (Å²) in [5.74, 6) is 0. The Kier molecular flexibility index (Phi) is 2.51. The van der Waals surface area contributed by atoms with Crippen LogP contribution in [0.4, 0.5) is 0 Å². The summed E-state index contributed by atoms with van der Waals surface area (Å²) in [4.78, 5) is 7.38. The molecule has 2 heteroatoms. The maximum Gasteiger partial charge on any atom is 0.0710 e. The van der Waals surface area contributed by atoms with Gasteiger partial charge in [0.25, 0.3) is 0 Å². The normalized spacial score (nSPS) is 12.2. The largest absolute Gasteiger partial charge is 0.353 e. The Balaban J connectivity index is 1.82. The number of aryl methyl sites for hydroxylation is 2. The summed E-state index contributed by atoms with van der Waals surface area (Å²) in [7, 11) is 0. The lowest BCUT2D eigenvalue weighted by Gasteiger charge is -2.01. The van der Waals surface area contributed by atoms with Crippen LogP contribution in [-0.2, 0) is 0 Å². The monoisotopic (exact) mass is 334 g/mol. The van der Waals surface area contributed by atoms with Crippen LogP contribution in [-0.4, -0.2) is 9.97 Å². The molecule has 0 unspecified atom stereocenters. The molecule has 6 rings (SSSR count). The van der Waals surface area contributed by atoms with Crippen LogP contribution in [0.2, 0.25) is 0 Å². The van der Waals surface area contributed by atoms with Crippen molar-refractivity contribution >= 4 is 54.4 Å². The lowest BCUT2D eigenvalue weighted by atomic mass is 10.0. The van der Waals surface area contributed by atoms with Crippen LogP contribution < -0.4 is 0 Å². The Morgan fingerprint density at radius 3 is 1.92 bits per heavy atom. The van der Waals surface area contributed by atoms with Gasteiger partial charge in [-0.25, -0.2) is 0 Å². The Hall–Kier alpha value is -3.26. The molecule has 0 fully saturated rings. The van der Waals surface area contributed by atoms with Crippen molar-refractivity contribution < 1.29 is 0 Å². The van der Waals surface area contributed by atoms with E-state index in [1.807, 2.05) is 0 Å². The Morgan fingerprint density at radius 1 is 0.500 bits per heavy atom. The quantitative estimate of drug-likeness (QED) is 0.309. The number of aromatic nitrogens is 2.